The fraction of sp³-hybridized carbons (Fsp3) is 0.500. The Morgan fingerprint density at radius 3 is 2.82 bits per heavy atom. The van der Waals surface area contributed by atoms with E-state index in [0.29, 0.717) is 23.3 Å². The number of nitrogens with zero attached hydrogens (tertiary/aromatic N) is 2. The Hall–Kier alpha value is -1.53. The molecule has 2 atom stereocenters. The molecule has 22 heavy (non-hydrogen) atoms. The Morgan fingerprint density at radius 2 is 2.14 bits per heavy atom. The molecule has 2 amide bonds. The van der Waals surface area contributed by atoms with Crippen LogP contribution in [0.1, 0.15) is 17.3 Å². The molecule has 0 aromatic heterocycles. The summed E-state index contributed by atoms with van der Waals surface area (Å²) in [5.74, 6) is 0.939. The second kappa shape index (κ2) is 5.93. The number of carbonyl (C=O) groups is 2. The fourth-order valence-corrected chi connectivity index (χ4v) is 3.97. The van der Waals surface area contributed by atoms with Crippen molar-refractivity contribution in [1.82, 2.24) is 9.80 Å². The first kappa shape index (κ1) is 15.4. The number of fused-ring (bicyclic) bond motifs is 1. The van der Waals surface area contributed by atoms with E-state index in [2.05, 4.69) is 31.2 Å². The van der Waals surface area contributed by atoms with Crippen molar-refractivity contribution >= 4 is 29.3 Å². The Kier molecular flexibility index (Phi) is 4.14. The topological polar surface area (TPSA) is 52.7 Å². The number of nitrogens with one attached hydrogen (secondary N) is 1. The van der Waals surface area contributed by atoms with E-state index < -0.39 is 0 Å². The molecule has 2 aliphatic rings. The van der Waals surface area contributed by atoms with E-state index in [1.807, 2.05) is 17.0 Å². The predicted octanol–water partition coefficient (Wildman–Crippen LogP) is 1.75. The Morgan fingerprint density at radius 1 is 1.36 bits per heavy atom. The molecule has 1 saturated heterocycles. The van der Waals surface area contributed by atoms with Gasteiger partial charge in [-0.3, -0.25) is 9.59 Å². The minimum Gasteiger partial charge on any atom is -0.337 e. The number of hydrogen-bond acceptors (Lipinski definition) is 4. The molecular formula is C16H21N3O2S. The van der Waals surface area contributed by atoms with Crippen molar-refractivity contribution in [3.05, 3.63) is 23.8 Å². The quantitative estimate of drug-likeness (QED) is 0.902. The van der Waals surface area contributed by atoms with Crippen LogP contribution in [0.2, 0.25) is 0 Å². The molecule has 0 bridgehead atoms. The molecule has 0 unspecified atom stereocenters. The van der Waals surface area contributed by atoms with Gasteiger partial charge in [0.25, 0.3) is 5.91 Å². The summed E-state index contributed by atoms with van der Waals surface area (Å²) in [7, 11) is 4.11. The maximum atomic E-state index is 12.7. The summed E-state index contributed by atoms with van der Waals surface area (Å²) >= 11 is 1.51. The standard InChI is InChI=1S/C16H21N3O2S/c1-10-7-19(8-13(10)18(2)3)16(21)11-4-5-14-12(6-11)17-15(20)9-22-14/h4-6,10,13H,7-9H2,1-3H3,(H,17,20)/t10-,13+/m1/s1. The summed E-state index contributed by atoms with van der Waals surface area (Å²) in [6, 6.07) is 5.99. The number of rotatable bonds is 2. The molecule has 0 saturated carbocycles. The Bertz CT molecular complexity index is 617. The molecule has 2 heterocycles. The maximum absolute atomic E-state index is 12.7. The number of thioether (sulfide) groups is 1. The summed E-state index contributed by atoms with van der Waals surface area (Å²) in [6.07, 6.45) is 0. The molecule has 118 valence electrons. The molecule has 5 nitrogen and oxygen atoms in total. The number of amides is 2. The van der Waals surface area contributed by atoms with Gasteiger partial charge in [-0.1, -0.05) is 6.92 Å². The summed E-state index contributed by atoms with van der Waals surface area (Å²) in [5, 5.41) is 2.84. The van der Waals surface area contributed by atoms with E-state index in [9.17, 15) is 9.59 Å². The lowest BCUT2D eigenvalue weighted by Crippen LogP contribution is -2.35. The summed E-state index contributed by atoms with van der Waals surface area (Å²) in [4.78, 5) is 29.3. The molecule has 1 aromatic carbocycles. The highest BCUT2D eigenvalue weighted by Gasteiger charge is 2.34. The predicted molar refractivity (Wildman–Crippen MR) is 88.3 cm³/mol. The van der Waals surface area contributed by atoms with E-state index in [1.54, 1.807) is 6.07 Å². The largest absolute Gasteiger partial charge is 0.337 e. The Balaban J connectivity index is 1.79. The molecule has 0 aliphatic carbocycles. The van der Waals surface area contributed by atoms with Crippen molar-refractivity contribution in [2.45, 2.75) is 17.9 Å². The second-order valence-corrected chi connectivity index (χ2v) is 7.28. The van der Waals surface area contributed by atoms with Crippen LogP contribution in [-0.2, 0) is 4.79 Å². The number of anilines is 1. The molecule has 6 heteroatoms. The smallest absolute Gasteiger partial charge is 0.253 e. The summed E-state index contributed by atoms with van der Waals surface area (Å²) in [6.45, 7) is 3.72. The zero-order chi connectivity index (χ0) is 15.9. The van der Waals surface area contributed by atoms with E-state index >= 15 is 0 Å². The molecule has 3 rings (SSSR count). The minimum atomic E-state index is -0.00966. The van der Waals surface area contributed by atoms with Gasteiger partial charge in [0, 0.05) is 29.6 Å². The third-order valence-electron chi connectivity index (χ3n) is 4.38. The number of benzene rings is 1. The van der Waals surface area contributed by atoms with Gasteiger partial charge in [0.1, 0.15) is 0 Å². The lowest BCUT2D eigenvalue weighted by atomic mass is 10.1. The minimum absolute atomic E-state index is 0.00966. The first-order valence-corrected chi connectivity index (χ1v) is 8.46. The normalized spacial score (nSPS) is 24.4. The van der Waals surface area contributed by atoms with Gasteiger partial charge in [-0.15, -0.1) is 11.8 Å². The van der Waals surface area contributed by atoms with E-state index in [0.717, 1.165) is 23.7 Å². The summed E-state index contributed by atoms with van der Waals surface area (Å²) in [5.41, 5.74) is 1.40. The third kappa shape index (κ3) is 2.85. The van der Waals surface area contributed by atoms with Gasteiger partial charge in [-0.25, -0.2) is 0 Å². The van der Waals surface area contributed by atoms with E-state index in [-0.39, 0.29) is 11.8 Å². The highest BCUT2D eigenvalue weighted by atomic mass is 32.2. The van der Waals surface area contributed by atoms with Crippen molar-refractivity contribution in [1.29, 1.82) is 0 Å². The zero-order valence-corrected chi connectivity index (χ0v) is 13.9. The van der Waals surface area contributed by atoms with Crippen molar-refractivity contribution in [3.8, 4) is 0 Å². The monoisotopic (exact) mass is 319 g/mol. The average Bonchev–Trinajstić information content (AvgIpc) is 2.88. The number of likely N-dealkylation sites (tertiary alicyclic amines) is 1. The van der Waals surface area contributed by atoms with E-state index in [1.165, 1.54) is 11.8 Å². The van der Waals surface area contributed by atoms with Gasteiger partial charge in [-0.2, -0.15) is 0 Å². The fourth-order valence-electron chi connectivity index (χ4n) is 3.19. The van der Waals surface area contributed by atoms with Gasteiger partial charge in [0.05, 0.1) is 11.4 Å². The van der Waals surface area contributed by atoms with Gasteiger partial charge >= 0.3 is 0 Å². The Labute approximate surface area is 135 Å². The van der Waals surface area contributed by atoms with Crippen LogP contribution in [0.3, 0.4) is 0 Å². The van der Waals surface area contributed by atoms with Gasteiger partial charge < -0.3 is 15.1 Å². The first-order chi connectivity index (χ1) is 10.5. The molecular weight excluding hydrogens is 298 g/mol. The van der Waals surface area contributed by atoms with Crippen LogP contribution in [0.25, 0.3) is 0 Å². The van der Waals surface area contributed by atoms with Crippen LogP contribution in [0.15, 0.2) is 23.1 Å². The molecule has 1 aromatic rings. The highest BCUT2D eigenvalue weighted by molar-refractivity contribution is 8.00. The van der Waals surface area contributed by atoms with Crippen LogP contribution in [0.4, 0.5) is 5.69 Å². The first-order valence-electron chi connectivity index (χ1n) is 7.48. The number of likely N-dealkylation sites (N-methyl/N-ethyl adjacent to an activating group) is 1. The van der Waals surface area contributed by atoms with Gasteiger partial charge in [-0.05, 0) is 38.2 Å². The van der Waals surface area contributed by atoms with E-state index in [4.69, 9.17) is 0 Å². The van der Waals surface area contributed by atoms with Crippen molar-refractivity contribution < 1.29 is 9.59 Å². The van der Waals surface area contributed by atoms with Crippen LogP contribution >= 0.6 is 11.8 Å². The molecule has 0 radical (unpaired) electrons. The molecule has 2 aliphatic heterocycles. The van der Waals surface area contributed by atoms with Crippen LogP contribution < -0.4 is 5.32 Å². The number of carbonyl (C=O) groups excluding carboxylic acids is 2. The average molecular weight is 319 g/mol. The van der Waals surface area contributed by atoms with Crippen molar-refractivity contribution in [3.63, 3.8) is 0 Å². The third-order valence-corrected chi connectivity index (χ3v) is 5.46. The van der Waals surface area contributed by atoms with Crippen LogP contribution in [-0.4, -0.2) is 60.6 Å². The van der Waals surface area contributed by atoms with Crippen molar-refractivity contribution in [2.75, 3.05) is 38.3 Å². The SMILES string of the molecule is C[C@@H]1CN(C(=O)c2ccc3c(c2)NC(=O)CS3)C[C@@H]1N(C)C. The lowest BCUT2D eigenvalue weighted by molar-refractivity contribution is -0.113. The molecule has 1 N–H and O–H groups in total. The van der Waals surface area contributed by atoms with Gasteiger partial charge in [0.15, 0.2) is 0 Å². The van der Waals surface area contributed by atoms with Crippen molar-refractivity contribution in [2.24, 2.45) is 5.92 Å². The number of hydrogen-bond donors (Lipinski definition) is 1. The van der Waals surface area contributed by atoms with Gasteiger partial charge in [0.2, 0.25) is 5.91 Å². The van der Waals surface area contributed by atoms with Crippen LogP contribution in [0, 0.1) is 5.92 Å². The molecule has 1 fully saturated rings. The van der Waals surface area contributed by atoms with Crippen LogP contribution in [0.5, 0.6) is 0 Å². The maximum Gasteiger partial charge on any atom is 0.253 e. The molecule has 0 spiro atoms. The second-order valence-electron chi connectivity index (χ2n) is 6.27. The highest BCUT2D eigenvalue weighted by Crippen LogP contribution is 2.32. The zero-order valence-electron chi connectivity index (χ0n) is 13.1. The lowest BCUT2D eigenvalue weighted by Gasteiger charge is -2.22. The summed E-state index contributed by atoms with van der Waals surface area (Å²) < 4.78 is 0.